The van der Waals surface area contributed by atoms with E-state index in [0.29, 0.717) is 0 Å². The normalized spacial score (nSPS) is 11.1. The molecule has 120 valence electrons. The second kappa shape index (κ2) is 6.75. The van der Waals surface area contributed by atoms with Gasteiger partial charge in [-0.2, -0.15) is 10.2 Å². The Kier molecular flexibility index (Phi) is 4.52. The summed E-state index contributed by atoms with van der Waals surface area (Å²) in [6, 6.07) is 6.40. The second-order valence-electron chi connectivity index (χ2n) is 5.61. The molecule has 2 heterocycles. The largest absolute Gasteiger partial charge is 0.312 e. The Morgan fingerprint density at radius 2 is 2.17 bits per heavy atom. The molecule has 23 heavy (non-hydrogen) atoms. The Morgan fingerprint density at radius 1 is 1.30 bits per heavy atom. The van der Waals surface area contributed by atoms with Gasteiger partial charge < -0.3 is 5.32 Å². The SMILES string of the molecule is Cc1n[nH]c(C)c1CCNCc1cnn(-c2cccc(F)c2)c1. The molecule has 3 aromatic rings. The lowest BCUT2D eigenvalue weighted by Gasteiger charge is -2.04. The zero-order valence-electron chi connectivity index (χ0n) is 13.3. The molecule has 0 aliphatic carbocycles. The first-order chi connectivity index (χ1) is 11.1. The van der Waals surface area contributed by atoms with E-state index < -0.39 is 0 Å². The number of rotatable bonds is 6. The van der Waals surface area contributed by atoms with E-state index in [0.717, 1.165) is 42.1 Å². The van der Waals surface area contributed by atoms with Crippen LogP contribution < -0.4 is 5.32 Å². The summed E-state index contributed by atoms with van der Waals surface area (Å²) in [7, 11) is 0. The molecule has 0 radical (unpaired) electrons. The van der Waals surface area contributed by atoms with Gasteiger partial charge in [0.25, 0.3) is 0 Å². The highest BCUT2D eigenvalue weighted by Crippen LogP contribution is 2.11. The number of H-pyrrole nitrogens is 1. The van der Waals surface area contributed by atoms with Crippen molar-refractivity contribution >= 4 is 0 Å². The number of aromatic amines is 1. The van der Waals surface area contributed by atoms with Crippen LogP contribution in [-0.4, -0.2) is 26.5 Å². The number of aromatic nitrogens is 4. The van der Waals surface area contributed by atoms with Crippen molar-refractivity contribution in [2.75, 3.05) is 6.54 Å². The molecule has 0 saturated carbocycles. The smallest absolute Gasteiger partial charge is 0.125 e. The lowest BCUT2D eigenvalue weighted by Crippen LogP contribution is -2.16. The Bertz CT molecular complexity index is 770. The van der Waals surface area contributed by atoms with Crippen LogP contribution in [0.15, 0.2) is 36.7 Å². The molecule has 0 bridgehead atoms. The maximum Gasteiger partial charge on any atom is 0.125 e. The summed E-state index contributed by atoms with van der Waals surface area (Å²) in [5, 5.41) is 14.9. The van der Waals surface area contributed by atoms with Crippen LogP contribution in [0, 0.1) is 19.7 Å². The molecule has 1 aromatic carbocycles. The summed E-state index contributed by atoms with van der Waals surface area (Å²) in [4.78, 5) is 0. The Labute approximate surface area is 134 Å². The number of hydrogen-bond donors (Lipinski definition) is 2. The van der Waals surface area contributed by atoms with E-state index in [1.54, 1.807) is 16.9 Å². The Balaban J connectivity index is 1.54. The fraction of sp³-hybridized carbons (Fsp3) is 0.294. The molecule has 0 amide bonds. The third-order valence-electron chi connectivity index (χ3n) is 3.87. The monoisotopic (exact) mass is 313 g/mol. The molecule has 0 fully saturated rings. The maximum absolute atomic E-state index is 13.2. The molecule has 0 saturated heterocycles. The van der Waals surface area contributed by atoms with E-state index >= 15 is 0 Å². The van der Waals surface area contributed by atoms with Gasteiger partial charge in [0.05, 0.1) is 17.6 Å². The summed E-state index contributed by atoms with van der Waals surface area (Å²) >= 11 is 0. The van der Waals surface area contributed by atoms with Gasteiger partial charge in [-0.1, -0.05) is 6.07 Å². The van der Waals surface area contributed by atoms with Gasteiger partial charge in [0.15, 0.2) is 0 Å². The van der Waals surface area contributed by atoms with E-state index in [-0.39, 0.29) is 5.82 Å². The van der Waals surface area contributed by atoms with Crippen molar-refractivity contribution in [1.82, 2.24) is 25.3 Å². The van der Waals surface area contributed by atoms with Gasteiger partial charge >= 0.3 is 0 Å². The Morgan fingerprint density at radius 3 is 2.91 bits per heavy atom. The fourth-order valence-electron chi connectivity index (χ4n) is 2.60. The third-order valence-corrected chi connectivity index (χ3v) is 3.87. The van der Waals surface area contributed by atoms with Gasteiger partial charge in [0.1, 0.15) is 5.82 Å². The first-order valence-electron chi connectivity index (χ1n) is 7.64. The number of nitrogens with zero attached hydrogens (tertiary/aromatic N) is 3. The first-order valence-corrected chi connectivity index (χ1v) is 7.64. The van der Waals surface area contributed by atoms with Crippen molar-refractivity contribution in [3.8, 4) is 5.69 Å². The van der Waals surface area contributed by atoms with Gasteiger partial charge in [0.2, 0.25) is 0 Å². The van der Waals surface area contributed by atoms with Gasteiger partial charge in [-0.15, -0.1) is 0 Å². The molecule has 0 aliphatic rings. The predicted molar refractivity (Wildman–Crippen MR) is 87.0 cm³/mol. The van der Waals surface area contributed by atoms with Crippen LogP contribution in [0.25, 0.3) is 5.69 Å². The van der Waals surface area contributed by atoms with Crippen LogP contribution in [0.1, 0.15) is 22.5 Å². The van der Waals surface area contributed by atoms with E-state index in [2.05, 4.69) is 20.6 Å². The van der Waals surface area contributed by atoms with Gasteiger partial charge in [-0.05, 0) is 50.6 Å². The molecule has 0 spiro atoms. The quantitative estimate of drug-likeness (QED) is 0.688. The van der Waals surface area contributed by atoms with E-state index in [1.807, 2.05) is 26.1 Å². The summed E-state index contributed by atoms with van der Waals surface area (Å²) in [6.45, 7) is 5.65. The van der Waals surface area contributed by atoms with Crippen LogP contribution in [0.3, 0.4) is 0 Å². The van der Waals surface area contributed by atoms with Crippen molar-refractivity contribution in [3.05, 3.63) is 65.0 Å². The predicted octanol–water partition coefficient (Wildman–Crippen LogP) is 2.68. The molecule has 3 rings (SSSR count). The molecule has 2 N–H and O–H groups in total. The number of aryl methyl sites for hydroxylation is 2. The molecule has 2 aromatic heterocycles. The molecule has 5 nitrogen and oxygen atoms in total. The molecule has 0 aliphatic heterocycles. The minimum absolute atomic E-state index is 0.261. The fourth-order valence-corrected chi connectivity index (χ4v) is 2.60. The molecular weight excluding hydrogens is 293 g/mol. The van der Waals surface area contributed by atoms with Crippen LogP contribution in [0.2, 0.25) is 0 Å². The number of halogens is 1. The second-order valence-corrected chi connectivity index (χ2v) is 5.61. The summed E-state index contributed by atoms with van der Waals surface area (Å²) in [5.74, 6) is -0.261. The average molecular weight is 313 g/mol. The van der Waals surface area contributed by atoms with Gasteiger partial charge in [-0.25, -0.2) is 9.07 Å². The zero-order valence-corrected chi connectivity index (χ0v) is 13.3. The lowest BCUT2D eigenvalue weighted by atomic mass is 10.1. The number of benzene rings is 1. The third kappa shape index (κ3) is 3.65. The molecule has 6 heteroatoms. The first kappa shape index (κ1) is 15.4. The number of nitrogens with one attached hydrogen (secondary N) is 2. The lowest BCUT2D eigenvalue weighted by molar-refractivity contribution is 0.625. The highest BCUT2D eigenvalue weighted by molar-refractivity contribution is 5.31. The summed E-state index contributed by atoms with van der Waals surface area (Å²) < 4.78 is 14.9. The standard InChI is InChI=1S/C17H20FN5/c1-12-17(13(2)22-21-12)6-7-19-9-14-10-20-23(11-14)16-5-3-4-15(18)8-16/h3-5,8,10-11,19H,6-7,9H2,1-2H3,(H,21,22). The highest BCUT2D eigenvalue weighted by atomic mass is 19.1. The van der Waals surface area contributed by atoms with E-state index in [4.69, 9.17) is 0 Å². The van der Waals surface area contributed by atoms with Gasteiger partial charge in [0, 0.05) is 24.0 Å². The van der Waals surface area contributed by atoms with Crippen molar-refractivity contribution in [1.29, 1.82) is 0 Å². The minimum atomic E-state index is -0.261. The summed E-state index contributed by atoms with van der Waals surface area (Å²) in [5.41, 5.74) is 5.25. The topological polar surface area (TPSA) is 58.5 Å². The zero-order chi connectivity index (χ0) is 16.2. The van der Waals surface area contributed by atoms with Gasteiger partial charge in [-0.3, -0.25) is 5.10 Å². The minimum Gasteiger partial charge on any atom is -0.312 e. The van der Waals surface area contributed by atoms with Crippen molar-refractivity contribution in [2.45, 2.75) is 26.8 Å². The molecular formula is C17H20FN5. The molecule has 0 atom stereocenters. The van der Waals surface area contributed by atoms with Crippen LogP contribution in [-0.2, 0) is 13.0 Å². The van der Waals surface area contributed by atoms with Crippen molar-refractivity contribution in [2.24, 2.45) is 0 Å². The van der Waals surface area contributed by atoms with Crippen LogP contribution in [0.4, 0.5) is 4.39 Å². The van der Waals surface area contributed by atoms with Crippen molar-refractivity contribution in [3.63, 3.8) is 0 Å². The van der Waals surface area contributed by atoms with Crippen molar-refractivity contribution < 1.29 is 4.39 Å². The number of hydrogen-bond acceptors (Lipinski definition) is 3. The maximum atomic E-state index is 13.2. The summed E-state index contributed by atoms with van der Waals surface area (Å²) in [6.07, 6.45) is 4.65. The highest BCUT2D eigenvalue weighted by Gasteiger charge is 2.06. The van der Waals surface area contributed by atoms with Crippen LogP contribution >= 0.6 is 0 Å². The van der Waals surface area contributed by atoms with E-state index in [1.165, 1.54) is 17.7 Å². The molecule has 0 unspecified atom stereocenters. The van der Waals surface area contributed by atoms with E-state index in [9.17, 15) is 4.39 Å². The average Bonchev–Trinajstić information content (AvgIpc) is 3.12. The Hall–Kier alpha value is -2.47. The van der Waals surface area contributed by atoms with Crippen LogP contribution in [0.5, 0.6) is 0 Å².